The van der Waals surface area contributed by atoms with Crippen molar-refractivity contribution in [3.05, 3.63) is 24.3 Å². The van der Waals surface area contributed by atoms with Gasteiger partial charge in [-0.2, -0.15) is 0 Å². The van der Waals surface area contributed by atoms with Crippen molar-refractivity contribution in [2.75, 3.05) is 7.11 Å². The fourth-order valence-electron chi connectivity index (χ4n) is 8.52. The number of rotatable bonds is 5. The number of fused-ring (bicyclic) bond motifs is 1. The average molecular weight is 505 g/mol. The first-order chi connectivity index (χ1) is 15.5. The van der Waals surface area contributed by atoms with E-state index in [2.05, 4.69) is 51.9 Å². The predicted molar refractivity (Wildman–Crippen MR) is 134 cm³/mol. The first kappa shape index (κ1) is 24.5. The van der Waals surface area contributed by atoms with Crippen molar-refractivity contribution in [2.45, 2.75) is 89.2 Å². The first-order valence-corrected chi connectivity index (χ1v) is 19.4. The van der Waals surface area contributed by atoms with Gasteiger partial charge in [-0.1, -0.05) is 18.7 Å². The van der Waals surface area contributed by atoms with E-state index in [1.54, 1.807) is 0 Å². The SMILES string of the molecule is C=C1C[C@]23C[C@@]1(O[Si](C)(C)C)CCC2[C@]12OC(=O)C(C)(C=C[C@H]1O[Si](C)(C)C)C2[C@@H]3C(=O)OC. The first-order valence-electron chi connectivity index (χ1n) is 12.6. The smallest absolute Gasteiger partial charge is 0.316 e. The second kappa shape index (κ2) is 6.96. The Balaban J connectivity index is 1.71. The number of hydrogen-bond donors (Lipinski definition) is 0. The van der Waals surface area contributed by atoms with Crippen LogP contribution in [0.25, 0.3) is 0 Å². The lowest BCUT2D eigenvalue weighted by Gasteiger charge is -2.50. The standard InChI is InChI=1S/C26H40O6Si2/c1-16-14-24-15-25(16,32-34(7,8)9)13-10-17(24)26-18(31-33(4,5)6)11-12-23(2,22(28)30-26)20(26)19(24)21(27)29-3/h11-12,17-20H,1,10,13-15H2,2-9H3/t17?,18-,19-,20?,23?,24+,25+,26+/m1/s1. The molecule has 4 aliphatic carbocycles. The summed E-state index contributed by atoms with van der Waals surface area (Å²) in [5.41, 5.74) is -1.48. The molecule has 0 aromatic heterocycles. The summed E-state index contributed by atoms with van der Waals surface area (Å²) < 4.78 is 25.5. The fourth-order valence-corrected chi connectivity index (χ4v) is 11.0. The van der Waals surface area contributed by atoms with Gasteiger partial charge in [-0.05, 0) is 82.9 Å². The summed E-state index contributed by atoms with van der Waals surface area (Å²) in [7, 11) is -2.41. The van der Waals surface area contributed by atoms with Gasteiger partial charge < -0.3 is 18.3 Å². The number of carbonyl (C=O) groups excluding carboxylic acids is 2. The molecule has 1 saturated heterocycles. The van der Waals surface area contributed by atoms with Crippen LogP contribution >= 0.6 is 0 Å². The maximum atomic E-state index is 13.7. The van der Waals surface area contributed by atoms with E-state index in [4.69, 9.17) is 18.3 Å². The van der Waals surface area contributed by atoms with Gasteiger partial charge in [-0.25, -0.2) is 0 Å². The highest BCUT2D eigenvalue weighted by atomic mass is 28.4. The van der Waals surface area contributed by atoms with Crippen molar-refractivity contribution in [1.29, 1.82) is 0 Å². The Bertz CT molecular complexity index is 994. The van der Waals surface area contributed by atoms with Crippen LogP contribution in [0.2, 0.25) is 39.3 Å². The van der Waals surface area contributed by atoms with Crippen LogP contribution in [0, 0.1) is 28.6 Å². The molecule has 5 rings (SSSR count). The van der Waals surface area contributed by atoms with Crippen LogP contribution < -0.4 is 0 Å². The summed E-state index contributed by atoms with van der Waals surface area (Å²) in [5.74, 6) is -1.30. The Kier molecular flexibility index (Phi) is 5.01. The van der Waals surface area contributed by atoms with E-state index in [9.17, 15) is 9.59 Å². The topological polar surface area (TPSA) is 71.1 Å². The summed E-state index contributed by atoms with van der Waals surface area (Å²) in [4.78, 5) is 27.1. The summed E-state index contributed by atoms with van der Waals surface area (Å²) in [6, 6.07) is 0. The third-order valence-electron chi connectivity index (χ3n) is 9.17. The average Bonchev–Trinajstić information content (AvgIpc) is 3.12. The molecule has 8 heteroatoms. The molecule has 0 aromatic carbocycles. The van der Waals surface area contributed by atoms with Crippen LogP contribution in [-0.2, 0) is 27.9 Å². The Morgan fingerprint density at radius 2 is 1.85 bits per heavy atom. The highest BCUT2D eigenvalue weighted by Crippen LogP contribution is 2.78. The van der Waals surface area contributed by atoms with Gasteiger partial charge in [0.2, 0.25) is 0 Å². The molecular formula is C26H40O6Si2. The zero-order valence-corrected chi connectivity index (χ0v) is 23.9. The van der Waals surface area contributed by atoms with Crippen molar-refractivity contribution in [3.8, 4) is 0 Å². The highest BCUT2D eigenvalue weighted by Gasteiger charge is 2.85. The quantitative estimate of drug-likeness (QED) is 0.303. The molecule has 188 valence electrons. The molecule has 3 unspecified atom stereocenters. The monoisotopic (exact) mass is 504 g/mol. The molecule has 6 nitrogen and oxygen atoms in total. The predicted octanol–water partition coefficient (Wildman–Crippen LogP) is 4.83. The molecule has 8 atom stereocenters. The largest absolute Gasteiger partial charge is 0.469 e. The summed E-state index contributed by atoms with van der Waals surface area (Å²) in [6.45, 7) is 19.6. The van der Waals surface area contributed by atoms with Crippen LogP contribution in [0.1, 0.15) is 32.6 Å². The van der Waals surface area contributed by atoms with Gasteiger partial charge >= 0.3 is 11.9 Å². The molecule has 0 N–H and O–H groups in total. The van der Waals surface area contributed by atoms with E-state index >= 15 is 0 Å². The molecule has 4 bridgehead atoms. The number of carbonyl (C=O) groups is 2. The van der Waals surface area contributed by atoms with E-state index in [-0.39, 0.29) is 29.9 Å². The molecule has 0 amide bonds. The van der Waals surface area contributed by atoms with E-state index in [0.29, 0.717) is 6.42 Å². The second-order valence-corrected chi connectivity index (χ2v) is 22.4. The number of ether oxygens (including phenoxy) is 2. The van der Waals surface area contributed by atoms with Crippen molar-refractivity contribution < 1.29 is 27.9 Å². The van der Waals surface area contributed by atoms with Crippen LogP contribution in [0.4, 0.5) is 0 Å². The van der Waals surface area contributed by atoms with Gasteiger partial charge in [-0.3, -0.25) is 9.59 Å². The third kappa shape index (κ3) is 2.97. The van der Waals surface area contributed by atoms with Crippen LogP contribution in [-0.4, -0.2) is 53.0 Å². The summed E-state index contributed by atoms with van der Waals surface area (Å²) in [5, 5.41) is 0. The number of hydrogen-bond acceptors (Lipinski definition) is 6. The molecule has 34 heavy (non-hydrogen) atoms. The van der Waals surface area contributed by atoms with Crippen molar-refractivity contribution in [3.63, 3.8) is 0 Å². The maximum absolute atomic E-state index is 13.7. The minimum absolute atomic E-state index is 0.0104. The number of methoxy groups -OCH3 is 1. The Morgan fingerprint density at radius 3 is 2.44 bits per heavy atom. The minimum atomic E-state index is -1.99. The Morgan fingerprint density at radius 1 is 1.18 bits per heavy atom. The summed E-state index contributed by atoms with van der Waals surface area (Å²) in [6.07, 6.45) is 6.73. The molecule has 0 radical (unpaired) electrons. The molecular weight excluding hydrogens is 464 g/mol. The Labute approximate surface area is 205 Å². The van der Waals surface area contributed by atoms with Gasteiger partial charge in [0.05, 0.1) is 24.0 Å². The lowest BCUT2D eigenvalue weighted by Crippen LogP contribution is -2.58. The molecule has 1 aliphatic heterocycles. The zero-order valence-electron chi connectivity index (χ0n) is 21.9. The van der Waals surface area contributed by atoms with Crippen LogP contribution in [0.5, 0.6) is 0 Å². The third-order valence-corrected chi connectivity index (χ3v) is 11.1. The van der Waals surface area contributed by atoms with E-state index in [1.165, 1.54) is 7.11 Å². The van der Waals surface area contributed by atoms with Crippen molar-refractivity contribution in [2.24, 2.45) is 28.6 Å². The van der Waals surface area contributed by atoms with E-state index in [0.717, 1.165) is 24.8 Å². The van der Waals surface area contributed by atoms with Crippen molar-refractivity contribution >= 4 is 28.6 Å². The van der Waals surface area contributed by atoms with Gasteiger partial charge in [0, 0.05) is 11.8 Å². The maximum Gasteiger partial charge on any atom is 0.316 e. The highest BCUT2D eigenvalue weighted by molar-refractivity contribution is 6.70. The van der Waals surface area contributed by atoms with E-state index < -0.39 is 44.6 Å². The molecule has 1 spiro atoms. The fraction of sp³-hybridized carbons (Fsp3) is 0.769. The van der Waals surface area contributed by atoms with Gasteiger partial charge in [0.15, 0.2) is 16.6 Å². The lowest BCUT2D eigenvalue weighted by atomic mass is 9.62. The van der Waals surface area contributed by atoms with Crippen molar-refractivity contribution in [1.82, 2.24) is 0 Å². The van der Waals surface area contributed by atoms with Gasteiger partial charge in [0.1, 0.15) is 11.7 Å². The summed E-state index contributed by atoms with van der Waals surface area (Å²) >= 11 is 0. The van der Waals surface area contributed by atoms with Crippen LogP contribution in [0.3, 0.4) is 0 Å². The van der Waals surface area contributed by atoms with E-state index in [1.807, 2.05) is 13.0 Å². The molecule has 1 heterocycles. The lowest BCUT2D eigenvalue weighted by molar-refractivity contribution is -0.171. The Hall–Kier alpha value is -1.23. The zero-order chi connectivity index (χ0) is 25.1. The van der Waals surface area contributed by atoms with Crippen LogP contribution in [0.15, 0.2) is 24.3 Å². The molecule has 5 aliphatic rings. The molecule has 4 fully saturated rings. The van der Waals surface area contributed by atoms with Gasteiger partial charge in [0.25, 0.3) is 0 Å². The molecule has 3 saturated carbocycles. The normalized spacial score (nSPS) is 46.8. The second-order valence-electron chi connectivity index (χ2n) is 13.5. The minimum Gasteiger partial charge on any atom is -0.469 e. The van der Waals surface area contributed by atoms with Gasteiger partial charge in [-0.15, -0.1) is 0 Å². The molecule has 0 aromatic rings. The number of esters is 2.